The lowest BCUT2D eigenvalue weighted by Crippen LogP contribution is -2.29. The Hall–Kier alpha value is -1.62. The normalized spacial score (nSPS) is 12.3. The molecule has 0 aliphatic rings. The Kier molecular flexibility index (Phi) is 5.58. The lowest BCUT2D eigenvalue weighted by molar-refractivity contribution is 0.0526. The van der Waals surface area contributed by atoms with Crippen molar-refractivity contribution in [2.45, 2.75) is 19.9 Å². The zero-order valence-corrected chi connectivity index (χ0v) is 11.4. The number of carbonyl (C=O) groups is 1. The molecule has 5 nitrogen and oxygen atoms in total. The number of hydrogen-bond donors (Lipinski definition) is 1. The maximum Gasteiger partial charge on any atom is 0.339 e. The van der Waals surface area contributed by atoms with Crippen molar-refractivity contribution in [2.24, 2.45) is 0 Å². The first kappa shape index (κ1) is 14.4. The molecule has 0 radical (unpaired) electrons. The number of hydrogen-bond acceptors (Lipinski definition) is 5. The first-order valence-electron chi connectivity index (χ1n) is 6.07. The van der Waals surface area contributed by atoms with Gasteiger partial charge in [-0.1, -0.05) is 0 Å². The van der Waals surface area contributed by atoms with Gasteiger partial charge in [-0.05, 0) is 40.1 Å². The van der Waals surface area contributed by atoms with E-state index >= 15 is 0 Å². The Morgan fingerprint density at radius 1 is 1.50 bits per heavy atom. The van der Waals surface area contributed by atoms with Gasteiger partial charge in [-0.15, -0.1) is 0 Å². The number of likely N-dealkylation sites (N-methyl/N-ethyl adjacent to an activating group) is 1. The highest BCUT2D eigenvalue weighted by Gasteiger charge is 2.08. The van der Waals surface area contributed by atoms with Crippen molar-refractivity contribution in [3.05, 3.63) is 23.9 Å². The Bertz CT molecular complexity index is 376. The number of nitrogens with one attached hydrogen (secondary N) is 1. The van der Waals surface area contributed by atoms with Gasteiger partial charge in [0.05, 0.1) is 12.2 Å². The van der Waals surface area contributed by atoms with Gasteiger partial charge in [0.2, 0.25) is 0 Å². The predicted molar refractivity (Wildman–Crippen MR) is 71.8 cm³/mol. The van der Waals surface area contributed by atoms with Gasteiger partial charge < -0.3 is 15.0 Å². The average Bonchev–Trinajstić information content (AvgIpc) is 2.29. The third kappa shape index (κ3) is 4.71. The zero-order chi connectivity index (χ0) is 13.5. The first-order valence-corrected chi connectivity index (χ1v) is 6.07. The van der Waals surface area contributed by atoms with Crippen LogP contribution in [-0.2, 0) is 4.74 Å². The third-order valence-electron chi connectivity index (χ3n) is 2.31. The topological polar surface area (TPSA) is 54.5 Å². The van der Waals surface area contributed by atoms with E-state index in [0.29, 0.717) is 18.2 Å². The molecule has 100 valence electrons. The molecule has 5 heteroatoms. The van der Waals surface area contributed by atoms with Crippen LogP contribution in [0.5, 0.6) is 0 Å². The molecular weight excluding hydrogens is 230 g/mol. The summed E-state index contributed by atoms with van der Waals surface area (Å²) in [6, 6.07) is 3.80. The Morgan fingerprint density at radius 3 is 2.72 bits per heavy atom. The van der Waals surface area contributed by atoms with Crippen molar-refractivity contribution >= 4 is 11.8 Å². The largest absolute Gasteiger partial charge is 0.462 e. The van der Waals surface area contributed by atoms with Crippen molar-refractivity contribution in [3.63, 3.8) is 0 Å². The van der Waals surface area contributed by atoms with Crippen LogP contribution >= 0.6 is 0 Å². The van der Waals surface area contributed by atoms with E-state index in [1.807, 2.05) is 14.1 Å². The van der Waals surface area contributed by atoms with Crippen molar-refractivity contribution < 1.29 is 9.53 Å². The lowest BCUT2D eigenvalue weighted by Gasteiger charge is -2.18. The zero-order valence-electron chi connectivity index (χ0n) is 11.4. The predicted octanol–water partition coefficient (Wildman–Crippen LogP) is 1.62. The molecule has 0 aliphatic heterocycles. The fraction of sp³-hybridized carbons (Fsp3) is 0.538. The summed E-state index contributed by atoms with van der Waals surface area (Å²) in [4.78, 5) is 17.7. The molecule has 1 heterocycles. The van der Waals surface area contributed by atoms with Gasteiger partial charge in [-0.3, -0.25) is 0 Å². The van der Waals surface area contributed by atoms with Gasteiger partial charge in [-0.2, -0.15) is 0 Å². The van der Waals surface area contributed by atoms with Gasteiger partial charge in [-0.25, -0.2) is 9.78 Å². The summed E-state index contributed by atoms with van der Waals surface area (Å²) in [6.45, 7) is 5.16. The summed E-state index contributed by atoms with van der Waals surface area (Å²) in [5.41, 5.74) is 0.475. The van der Waals surface area contributed by atoms with Crippen LogP contribution in [0, 0.1) is 0 Å². The fourth-order valence-corrected chi connectivity index (χ4v) is 1.66. The molecule has 1 atom stereocenters. The summed E-state index contributed by atoms with van der Waals surface area (Å²) in [5, 5.41) is 3.27. The molecule has 0 saturated carbocycles. The molecule has 1 rings (SSSR count). The molecule has 0 aromatic carbocycles. The Morgan fingerprint density at radius 2 is 2.22 bits per heavy atom. The van der Waals surface area contributed by atoms with Crippen molar-refractivity contribution in [2.75, 3.05) is 32.6 Å². The van der Waals surface area contributed by atoms with E-state index in [0.717, 1.165) is 12.4 Å². The van der Waals surface area contributed by atoms with Crippen LogP contribution in [0.25, 0.3) is 0 Å². The molecule has 0 saturated heterocycles. The third-order valence-corrected chi connectivity index (χ3v) is 2.31. The maximum atomic E-state index is 11.4. The molecule has 18 heavy (non-hydrogen) atoms. The van der Waals surface area contributed by atoms with E-state index in [-0.39, 0.29) is 5.97 Å². The van der Waals surface area contributed by atoms with E-state index in [9.17, 15) is 4.79 Å². The van der Waals surface area contributed by atoms with E-state index in [2.05, 4.69) is 22.1 Å². The van der Waals surface area contributed by atoms with E-state index in [1.165, 1.54) is 6.20 Å². The minimum Gasteiger partial charge on any atom is -0.462 e. The second kappa shape index (κ2) is 6.96. The number of rotatable bonds is 6. The van der Waals surface area contributed by atoms with Crippen molar-refractivity contribution in [1.29, 1.82) is 0 Å². The molecule has 1 aromatic rings. The summed E-state index contributed by atoms with van der Waals surface area (Å²) in [6.07, 6.45) is 1.53. The summed E-state index contributed by atoms with van der Waals surface area (Å²) in [5.74, 6) is 0.426. The molecule has 0 bridgehead atoms. The molecule has 0 fully saturated rings. The maximum absolute atomic E-state index is 11.4. The van der Waals surface area contributed by atoms with Crippen LogP contribution in [0.15, 0.2) is 18.3 Å². The van der Waals surface area contributed by atoms with Crippen molar-refractivity contribution in [3.8, 4) is 0 Å². The number of pyridine rings is 1. The number of anilines is 1. The van der Waals surface area contributed by atoms with Crippen LogP contribution in [0.2, 0.25) is 0 Å². The van der Waals surface area contributed by atoms with E-state index in [1.54, 1.807) is 19.1 Å². The summed E-state index contributed by atoms with van der Waals surface area (Å²) < 4.78 is 4.90. The standard InChI is InChI=1S/C13H21N3O2/c1-5-18-13(17)11-6-7-12(14-8-11)15-10(2)9-16(3)4/h6-8,10H,5,9H2,1-4H3,(H,14,15). The second-order valence-corrected chi connectivity index (χ2v) is 4.46. The smallest absolute Gasteiger partial charge is 0.339 e. The van der Waals surface area contributed by atoms with Gasteiger partial charge in [0.1, 0.15) is 5.82 Å². The minimum atomic E-state index is -0.335. The minimum absolute atomic E-state index is 0.293. The molecule has 1 aromatic heterocycles. The molecular formula is C13H21N3O2. The van der Waals surface area contributed by atoms with Gasteiger partial charge in [0.25, 0.3) is 0 Å². The van der Waals surface area contributed by atoms with Gasteiger partial charge >= 0.3 is 5.97 Å². The quantitative estimate of drug-likeness (QED) is 0.779. The number of ether oxygens (including phenoxy) is 1. The van der Waals surface area contributed by atoms with Crippen LogP contribution in [0.3, 0.4) is 0 Å². The van der Waals surface area contributed by atoms with Crippen molar-refractivity contribution in [1.82, 2.24) is 9.88 Å². The number of esters is 1. The molecule has 1 N–H and O–H groups in total. The highest BCUT2D eigenvalue weighted by Crippen LogP contribution is 2.08. The van der Waals surface area contributed by atoms with Gasteiger partial charge in [0, 0.05) is 18.8 Å². The molecule has 0 amide bonds. The number of nitrogens with zero attached hydrogens (tertiary/aromatic N) is 2. The van der Waals surface area contributed by atoms with Crippen LogP contribution < -0.4 is 5.32 Å². The van der Waals surface area contributed by atoms with Crippen LogP contribution in [-0.4, -0.2) is 49.1 Å². The monoisotopic (exact) mass is 251 g/mol. The first-order chi connectivity index (χ1) is 8.52. The highest BCUT2D eigenvalue weighted by atomic mass is 16.5. The van der Waals surface area contributed by atoms with E-state index in [4.69, 9.17) is 4.74 Å². The highest BCUT2D eigenvalue weighted by molar-refractivity contribution is 5.89. The molecule has 0 spiro atoms. The summed E-state index contributed by atoms with van der Waals surface area (Å²) >= 11 is 0. The SMILES string of the molecule is CCOC(=O)c1ccc(NC(C)CN(C)C)nc1. The second-order valence-electron chi connectivity index (χ2n) is 4.46. The van der Waals surface area contributed by atoms with E-state index < -0.39 is 0 Å². The average molecular weight is 251 g/mol. The summed E-state index contributed by atoms with van der Waals surface area (Å²) in [7, 11) is 4.05. The molecule has 0 aliphatic carbocycles. The lowest BCUT2D eigenvalue weighted by atomic mass is 10.2. The number of aromatic nitrogens is 1. The van der Waals surface area contributed by atoms with Crippen LogP contribution in [0.4, 0.5) is 5.82 Å². The fourth-order valence-electron chi connectivity index (χ4n) is 1.66. The number of carbonyl (C=O) groups excluding carboxylic acids is 1. The Labute approximate surface area is 108 Å². The Balaban J connectivity index is 2.57. The van der Waals surface area contributed by atoms with Gasteiger partial charge in [0.15, 0.2) is 0 Å². The van der Waals surface area contributed by atoms with Crippen LogP contribution in [0.1, 0.15) is 24.2 Å². The molecule has 1 unspecified atom stereocenters.